The third kappa shape index (κ3) is 4.85. The van der Waals surface area contributed by atoms with Gasteiger partial charge in [0.25, 0.3) is 5.91 Å². The molecule has 0 unspecified atom stereocenters. The highest BCUT2D eigenvalue weighted by Gasteiger charge is 2.24. The molecule has 8 heteroatoms. The van der Waals surface area contributed by atoms with E-state index in [2.05, 4.69) is 10.0 Å². The van der Waals surface area contributed by atoms with Gasteiger partial charge in [0.2, 0.25) is 10.0 Å². The summed E-state index contributed by atoms with van der Waals surface area (Å²) >= 11 is 12.1. The molecule has 0 saturated heterocycles. The fraction of sp³-hybridized carbons (Fsp3) is 0.562. The number of carbonyl (C=O) groups excluding carboxylic acids is 1. The highest BCUT2D eigenvalue weighted by Crippen LogP contribution is 2.29. The van der Waals surface area contributed by atoms with E-state index in [0.717, 1.165) is 25.7 Å². The Morgan fingerprint density at radius 1 is 1.21 bits per heavy atom. The monoisotopic (exact) mass is 392 g/mol. The predicted molar refractivity (Wildman–Crippen MR) is 96.2 cm³/mol. The molecule has 1 aromatic carbocycles. The van der Waals surface area contributed by atoms with E-state index in [1.807, 2.05) is 13.8 Å². The number of nitrogens with one attached hydrogen (secondary N) is 2. The van der Waals surface area contributed by atoms with Crippen LogP contribution >= 0.6 is 23.2 Å². The predicted octanol–water partition coefficient (Wildman–Crippen LogP) is 3.60. The second-order valence-corrected chi connectivity index (χ2v) is 9.01. The van der Waals surface area contributed by atoms with Crippen molar-refractivity contribution in [2.45, 2.75) is 50.5 Å². The van der Waals surface area contributed by atoms with Crippen molar-refractivity contribution in [3.8, 4) is 0 Å². The second-order valence-electron chi connectivity index (χ2n) is 6.46. The highest BCUT2D eigenvalue weighted by molar-refractivity contribution is 7.89. The van der Waals surface area contributed by atoms with Gasteiger partial charge in [0.1, 0.15) is 4.90 Å². The van der Waals surface area contributed by atoms with E-state index in [0.29, 0.717) is 0 Å². The van der Waals surface area contributed by atoms with Crippen molar-refractivity contribution in [2.75, 3.05) is 6.54 Å². The minimum atomic E-state index is -3.81. The fourth-order valence-electron chi connectivity index (χ4n) is 2.60. The molecule has 2 rings (SSSR count). The number of hydrogen-bond acceptors (Lipinski definition) is 3. The zero-order valence-electron chi connectivity index (χ0n) is 13.7. The number of sulfonamides is 1. The Hall–Kier alpha value is -0.820. The average molecular weight is 393 g/mol. The Labute approximate surface area is 153 Å². The van der Waals surface area contributed by atoms with E-state index < -0.39 is 10.0 Å². The van der Waals surface area contributed by atoms with Gasteiger partial charge in [-0.15, -0.1) is 0 Å². The Kier molecular flexibility index (Phi) is 6.53. The standard InChI is InChI=1S/C16H22Cl2N2O3S/c1-10(2)9-19-24(22,23)15-7-12(13(17)8-14(15)18)16(21)20-11-5-3-4-6-11/h7-8,10-11,19H,3-6,9H2,1-2H3,(H,20,21). The van der Waals surface area contributed by atoms with Crippen molar-refractivity contribution in [2.24, 2.45) is 5.92 Å². The molecule has 24 heavy (non-hydrogen) atoms. The molecule has 0 heterocycles. The molecule has 1 fully saturated rings. The molecule has 0 aromatic heterocycles. The SMILES string of the molecule is CC(C)CNS(=O)(=O)c1cc(C(=O)NC2CCCC2)c(Cl)cc1Cl. The van der Waals surface area contributed by atoms with Crippen molar-refractivity contribution in [1.29, 1.82) is 0 Å². The van der Waals surface area contributed by atoms with Crippen LogP contribution in [0.3, 0.4) is 0 Å². The maximum absolute atomic E-state index is 12.4. The number of halogens is 2. The van der Waals surface area contributed by atoms with E-state index in [1.165, 1.54) is 12.1 Å². The molecule has 2 N–H and O–H groups in total. The van der Waals surface area contributed by atoms with Crippen LogP contribution in [0.25, 0.3) is 0 Å². The van der Waals surface area contributed by atoms with Gasteiger partial charge in [0, 0.05) is 12.6 Å². The number of rotatable bonds is 6. The van der Waals surface area contributed by atoms with Gasteiger partial charge in [-0.25, -0.2) is 13.1 Å². The Bertz CT molecular complexity index is 714. The summed E-state index contributed by atoms with van der Waals surface area (Å²) in [5.41, 5.74) is 0.123. The first-order valence-electron chi connectivity index (χ1n) is 8.00. The van der Waals surface area contributed by atoms with Gasteiger partial charge >= 0.3 is 0 Å². The van der Waals surface area contributed by atoms with Gasteiger partial charge in [0.05, 0.1) is 15.6 Å². The summed E-state index contributed by atoms with van der Waals surface area (Å²) in [6.45, 7) is 4.07. The maximum Gasteiger partial charge on any atom is 0.253 e. The highest BCUT2D eigenvalue weighted by atomic mass is 35.5. The summed E-state index contributed by atoms with van der Waals surface area (Å²) in [7, 11) is -3.81. The molecule has 0 spiro atoms. The zero-order chi connectivity index (χ0) is 17.9. The van der Waals surface area contributed by atoms with Crippen LogP contribution < -0.4 is 10.0 Å². The van der Waals surface area contributed by atoms with Crippen LogP contribution in [0.1, 0.15) is 49.9 Å². The van der Waals surface area contributed by atoms with E-state index in [1.54, 1.807) is 0 Å². The van der Waals surface area contributed by atoms with Crippen molar-refractivity contribution < 1.29 is 13.2 Å². The number of hydrogen-bond donors (Lipinski definition) is 2. The second kappa shape index (κ2) is 8.04. The van der Waals surface area contributed by atoms with E-state index in [4.69, 9.17) is 23.2 Å². The van der Waals surface area contributed by atoms with Gasteiger partial charge in [-0.3, -0.25) is 4.79 Å². The van der Waals surface area contributed by atoms with Gasteiger partial charge < -0.3 is 5.32 Å². The maximum atomic E-state index is 12.4. The van der Waals surface area contributed by atoms with Crippen molar-refractivity contribution in [3.63, 3.8) is 0 Å². The van der Waals surface area contributed by atoms with Crippen LogP contribution in [0.5, 0.6) is 0 Å². The van der Waals surface area contributed by atoms with Crippen LogP contribution in [0.15, 0.2) is 17.0 Å². The minimum absolute atomic E-state index is 0.00586. The first-order valence-corrected chi connectivity index (χ1v) is 10.2. The van der Waals surface area contributed by atoms with Crippen LogP contribution in [0.4, 0.5) is 0 Å². The van der Waals surface area contributed by atoms with Crippen LogP contribution in [-0.4, -0.2) is 26.9 Å². The quantitative estimate of drug-likeness (QED) is 0.776. The Morgan fingerprint density at radius 3 is 2.42 bits per heavy atom. The summed E-state index contributed by atoms with van der Waals surface area (Å²) in [5, 5.41) is 3.03. The third-order valence-corrected chi connectivity index (χ3v) is 6.13. The molecule has 1 saturated carbocycles. The largest absolute Gasteiger partial charge is 0.349 e. The fourth-order valence-corrected chi connectivity index (χ4v) is 4.67. The first-order chi connectivity index (χ1) is 11.2. The molecule has 1 aliphatic rings. The van der Waals surface area contributed by atoms with E-state index >= 15 is 0 Å². The summed E-state index contributed by atoms with van der Waals surface area (Å²) in [4.78, 5) is 12.3. The zero-order valence-corrected chi connectivity index (χ0v) is 16.1. The minimum Gasteiger partial charge on any atom is -0.349 e. The number of carbonyl (C=O) groups is 1. The van der Waals surface area contributed by atoms with Gasteiger partial charge in [-0.1, -0.05) is 49.9 Å². The average Bonchev–Trinajstić information content (AvgIpc) is 2.97. The molecule has 0 bridgehead atoms. The lowest BCUT2D eigenvalue weighted by atomic mass is 10.2. The summed E-state index contributed by atoms with van der Waals surface area (Å²) in [6, 6.07) is 2.66. The van der Waals surface area contributed by atoms with Gasteiger partial charge in [-0.05, 0) is 30.9 Å². The summed E-state index contributed by atoms with van der Waals surface area (Å²) in [5.74, 6) is -0.222. The van der Waals surface area contributed by atoms with Crippen molar-refractivity contribution in [3.05, 3.63) is 27.7 Å². The lowest BCUT2D eigenvalue weighted by Crippen LogP contribution is -2.33. The molecular weight excluding hydrogens is 371 g/mol. The van der Waals surface area contributed by atoms with Crippen LogP contribution in [0, 0.1) is 5.92 Å². The molecule has 134 valence electrons. The first kappa shape index (κ1) is 19.5. The van der Waals surface area contributed by atoms with Gasteiger partial charge in [-0.2, -0.15) is 0 Å². The van der Waals surface area contributed by atoms with Crippen molar-refractivity contribution in [1.82, 2.24) is 10.0 Å². The molecule has 1 aliphatic carbocycles. The van der Waals surface area contributed by atoms with E-state index in [9.17, 15) is 13.2 Å². The Morgan fingerprint density at radius 2 is 1.83 bits per heavy atom. The number of amides is 1. The lowest BCUT2D eigenvalue weighted by Gasteiger charge is -2.15. The third-order valence-electron chi connectivity index (χ3n) is 3.93. The molecular formula is C16H22Cl2N2O3S. The molecule has 0 atom stereocenters. The van der Waals surface area contributed by atoms with Crippen molar-refractivity contribution >= 4 is 39.1 Å². The lowest BCUT2D eigenvalue weighted by molar-refractivity contribution is 0.0938. The van der Waals surface area contributed by atoms with Gasteiger partial charge in [0.15, 0.2) is 0 Å². The summed E-state index contributed by atoms with van der Waals surface area (Å²) in [6.07, 6.45) is 4.02. The normalized spacial score (nSPS) is 15.9. The molecule has 0 aliphatic heterocycles. The molecule has 1 aromatic rings. The van der Waals surface area contributed by atoms with E-state index in [-0.39, 0.29) is 44.9 Å². The summed E-state index contributed by atoms with van der Waals surface area (Å²) < 4.78 is 27.3. The smallest absolute Gasteiger partial charge is 0.253 e. The molecule has 5 nitrogen and oxygen atoms in total. The van der Waals surface area contributed by atoms with Crippen LogP contribution in [0.2, 0.25) is 10.0 Å². The topological polar surface area (TPSA) is 75.3 Å². The Balaban J connectivity index is 2.28. The number of benzene rings is 1. The van der Waals surface area contributed by atoms with Crippen LogP contribution in [-0.2, 0) is 10.0 Å². The molecule has 0 radical (unpaired) electrons. The molecule has 1 amide bonds.